The summed E-state index contributed by atoms with van der Waals surface area (Å²) in [7, 11) is 0.623. The summed E-state index contributed by atoms with van der Waals surface area (Å²) in [6.07, 6.45) is 3.05. The van der Waals surface area contributed by atoms with Gasteiger partial charge in [-0.05, 0) is 65.5 Å². The Hall–Kier alpha value is -1.61. The summed E-state index contributed by atoms with van der Waals surface area (Å²) >= 11 is 0. The van der Waals surface area contributed by atoms with Crippen LogP contribution in [0.25, 0.3) is 0 Å². The van der Waals surface area contributed by atoms with E-state index < -0.39 is 15.3 Å². The molecule has 1 atom stereocenters. The summed E-state index contributed by atoms with van der Waals surface area (Å²) in [5, 5.41) is 2.85. The molecule has 2 N–H and O–H groups in total. The van der Waals surface area contributed by atoms with Gasteiger partial charge in [0.25, 0.3) is 0 Å². The molecule has 0 saturated carbocycles. The van der Waals surface area contributed by atoms with Crippen molar-refractivity contribution < 1.29 is 13.2 Å². The van der Waals surface area contributed by atoms with E-state index in [0.717, 1.165) is 50.6 Å². The van der Waals surface area contributed by atoms with Gasteiger partial charge in [-0.15, -0.1) is 0 Å². The number of nitrogens with zero attached hydrogens (tertiary/aromatic N) is 2. The molecule has 164 valence electrons. The van der Waals surface area contributed by atoms with Gasteiger partial charge in [0.1, 0.15) is 5.75 Å². The fraction of sp³-hybridized carbons (Fsp3) is 0.619. The predicted molar refractivity (Wildman–Crippen MR) is 120 cm³/mol. The molecule has 1 saturated heterocycles. The molecule has 0 amide bonds. The molecule has 1 unspecified atom stereocenters. The van der Waals surface area contributed by atoms with E-state index in [4.69, 9.17) is 4.74 Å². The minimum Gasteiger partial charge on any atom is -0.462 e. The Kier molecular flexibility index (Phi) is 9.42. The van der Waals surface area contributed by atoms with E-state index in [1.165, 1.54) is 0 Å². The van der Waals surface area contributed by atoms with Crippen LogP contribution in [0.15, 0.2) is 36.1 Å². The van der Waals surface area contributed by atoms with E-state index in [-0.39, 0.29) is 0 Å². The third-order valence-electron chi connectivity index (χ3n) is 4.93. The molecular weight excluding hydrogens is 388 g/mol. The number of anilines is 1. The van der Waals surface area contributed by atoms with Gasteiger partial charge in [-0.3, -0.25) is 0 Å². The van der Waals surface area contributed by atoms with Crippen LogP contribution in [0.1, 0.15) is 26.7 Å². The number of piperazine rings is 1. The first-order valence-electron chi connectivity index (χ1n) is 10.3. The van der Waals surface area contributed by atoms with Gasteiger partial charge in [-0.25, -0.2) is 13.1 Å². The largest absolute Gasteiger partial charge is 0.462 e. The van der Waals surface area contributed by atoms with Crippen molar-refractivity contribution in [2.45, 2.75) is 31.9 Å². The predicted octanol–water partition coefficient (Wildman–Crippen LogP) is 2.03. The molecular formula is C21H36N4O3S. The number of nitrogens with one attached hydrogen (secondary N) is 2. The first-order valence-corrected chi connectivity index (χ1v) is 11.9. The Balaban J connectivity index is 1.86. The van der Waals surface area contributed by atoms with Crippen molar-refractivity contribution in [3.8, 4) is 5.75 Å². The molecule has 0 radical (unpaired) electrons. The zero-order valence-corrected chi connectivity index (χ0v) is 19.0. The van der Waals surface area contributed by atoms with E-state index in [1.807, 2.05) is 50.2 Å². The molecule has 1 aliphatic rings. The lowest BCUT2D eigenvalue weighted by Gasteiger charge is -2.29. The van der Waals surface area contributed by atoms with Crippen molar-refractivity contribution in [3.63, 3.8) is 0 Å². The number of ether oxygens (including phenoxy) is 1. The summed E-state index contributed by atoms with van der Waals surface area (Å²) in [5.74, 6) is 1.48. The lowest BCUT2D eigenvalue weighted by atomic mass is 10.2. The van der Waals surface area contributed by atoms with Crippen molar-refractivity contribution in [2.24, 2.45) is 0 Å². The molecule has 7 nitrogen and oxygen atoms in total. The Bertz CT molecular complexity index is 759. The summed E-state index contributed by atoms with van der Waals surface area (Å²) in [5.41, 5.74) is 1.15. The van der Waals surface area contributed by atoms with Crippen LogP contribution >= 0.6 is 0 Å². The molecule has 0 bridgehead atoms. The highest BCUT2D eigenvalue weighted by Gasteiger charge is 2.19. The lowest BCUT2D eigenvalue weighted by Crippen LogP contribution is -2.43. The van der Waals surface area contributed by atoms with Gasteiger partial charge in [0.2, 0.25) is 10.0 Å². The first kappa shape index (κ1) is 23.7. The maximum atomic E-state index is 12.4. The average Bonchev–Trinajstić information content (AvgIpc) is 2.70. The number of allylic oxidation sites excluding steroid dienone is 2. The molecule has 1 heterocycles. The van der Waals surface area contributed by atoms with Crippen LogP contribution in [0.5, 0.6) is 5.75 Å². The van der Waals surface area contributed by atoms with Gasteiger partial charge in [-0.2, -0.15) is 0 Å². The standard InChI is InChI=1S/C21H36N4O3S/c1-18(9-10-19(2)29(26,27)23-11-6-14-24(3)4)28-21-8-5-7-20(17-21)25-15-12-22-13-16-25/h5,7-9,17,19,22-23H,6,10-16H2,1-4H3. The van der Waals surface area contributed by atoms with Gasteiger partial charge < -0.3 is 19.9 Å². The monoisotopic (exact) mass is 424 g/mol. The molecule has 0 aliphatic carbocycles. The second kappa shape index (κ2) is 11.5. The molecule has 1 fully saturated rings. The van der Waals surface area contributed by atoms with Crippen molar-refractivity contribution in [1.82, 2.24) is 14.9 Å². The normalized spacial score (nSPS) is 16.9. The lowest BCUT2D eigenvalue weighted by molar-refractivity contribution is 0.399. The van der Waals surface area contributed by atoms with Crippen molar-refractivity contribution in [2.75, 3.05) is 58.3 Å². The summed E-state index contributed by atoms with van der Waals surface area (Å²) in [6.45, 7) is 8.84. The number of hydrogen-bond donors (Lipinski definition) is 2. The maximum absolute atomic E-state index is 12.4. The van der Waals surface area contributed by atoms with Gasteiger partial charge in [0.15, 0.2) is 0 Å². The van der Waals surface area contributed by atoms with Crippen LogP contribution in [0.2, 0.25) is 0 Å². The Morgan fingerprint density at radius 3 is 2.76 bits per heavy atom. The minimum atomic E-state index is -3.33. The minimum absolute atomic E-state index is 0.409. The number of rotatable bonds is 11. The molecule has 0 spiro atoms. The van der Waals surface area contributed by atoms with Gasteiger partial charge in [0, 0.05) is 44.5 Å². The topological polar surface area (TPSA) is 73.9 Å². The van der Waals surface area contributed by atoms with Crippen LogP contribution in [-0.2, 0) is 10.0 Å². The zero-order chi connectivity index (χ0) is 21.3. The highest BCUT2D eigenvalue weighted by Crippen LogP contribution is 2.23. The fourth-order valence-corrected chi connectivity index (χ4v) is 4.17. The molecule has 29 heavy (non-hydrogen) atoms. The maximum Gasteiger partial charge on any atom is 0.214 e. The van der Waals surface area contributed by atoms with Crippen molar-refractivity contribution in [3.05, 3.63) is 36.1 Å². The van der Waals surface area contributed by atoms with E-state index in [9.17, 15) is 8.42 Å². The number of benzene rings is 1. The summed E-state index contributed by atoms with van der Waals surface area (Å²) in [4.78, 5) is 4.37. The number of hydrogen-bond acceptors (Lipinski definition) is 6. The highest BCUT2D eigenvalue weighted by atomic mass is 32.2. The number of sulfonamides is 1. The quantitative estimate of drug-likeness (QED) is 0.418. The molecule has 8 heteroatoms. The van der Waals surface area contributed by atoms with Crippen LogP contribution in [-0.4, -0.2) is 71.9 Å². The Labute approximate surface area is 176 Å². The van der Waals surface area contributed by atoms with E-state index in [0.29, 0.717) is 18.7 Å². The van der Waals surface area contributed by atoms with Gasteiger partial charge >= 0.3 is 0 Å². The van der Waals surface area contributed by atoms with Gasteiger partial charge in [-0.1, -0.05) is 6.07 Å². The van der Waals surface area contributed by atoms with Crippen LogP contribution < -0.4 is 19.7 Å². The summed E-state index contributed by atoms with van der Waals surface area (Å²) < 4.78 is 33.3. The second-order valence-electron chi connectivity index (χ2n) is 7.79. The summed E-state index contributed by atoms with van der Waals surface area (Å²) in [6, 6.07) is 8.04. The smallest absolute Gasteiger partial charge is 0.214 e. The van der Waals surface area contributed by atoms with E-state index in [1.54, 1.807) is 6.92 Å². The van der Waals surface area contributed by atoms with E-state index in [2.05, 4.69) is 21.0 Å². The molecule has 1 aliphatic heterocycles. The molecule has 1 aromatic carbocycles. The van der Waals surface area contributed by atoms with Crippen LogP contribution in [0.4, 0.5) is 5.69 Å². The first-order chi connectivity index (χ1) is 13.8. The van der Waals surface area contributed by atoms with Crippen LogP contribution in [0, 0.1) is 0 Å². The van der Waals surface area contributed by atoms with Crippen molar-refractivity contribution in [1.29, 1.82) is 0 Å². The van der Waals surface area contributed by atoms with Gasteiger partial charge in [0.05, 0.1) is 11.0 Å². The zero-order valence-electron chi connectivity index (χ0n) is 18.1. The van der Waals surface area contributed by atoms with E-state index >= 15 is 0 Å². The molecule has 1 aromatic rings. The third-order valence-corrected chi connectivity index (χ3v) is 6.79. The fourth-order valence-electron chi connectivity index (χ4n) is 3.10. The highest BCUT2D eigenvalue weighted by molar-refractivity contribution is 7.90. The average molecular weight is 425 g/mol. The second-order valence-corrected chi connectivity index (χ2v) is 9.98. The molecule has 2 rings (SSSR count). The Morgan fingerprint density at radius 1 is 1.34 bits per heavy atom. The van der Waals surface area contributed by atoms with Crippen LogP contribution in [0.3, 0.4) is 0 Å². The third kappa shape index (κ3) is 8.34. The van der Waals surface area contributed by atoms with Crippen molar-refractivity contribution >= 4 is 15.7 Å². The Morgan fingerprint density at radius 2 is 2.07 bits per heavy atom. The SMILES string of the molecule is CC(=CCC(C)S(=O)(=O)NCCCN(C)C)Oc1cccc(N2CCNCC2)c1. The molecule has 0 aromatic heterocycles.